The lowest BCUT2D eigenvalue weighted by Crippen LogP contribution is -2.51. The van der Waals surface area contributed by atoms with Gasteiger partial charge in [0, 0.05) is 33.1 Å². The van der Waals surface area contributed by atoms with Crippen molar-refractivity contribution in [3.8, 4) is 11.5 Å². The number of carbonyl (C=O) groups is 3. The van der Waals surface area contributed by atoms with Crippen molar-refractivity contribution < 1.29 is 28.6 Å². The van der Waals surface area contributed by atoms with Gasteiger partial charge in [-0.3, -0.25) is 9.59 Å². The molecule has 0 N–H and O–H groups in total. The van der Waals surface area contributed by atoms with Gasteiger partial charge < -0.3 is 24.0 Å². The third-order valence-corrected chi connectivity index (χ3v) is 4.50. The van der Waals surface area contributed by atoms with Gasteiger partial charge in [0.15, 0.2) is 18.1 Å². The van der Waals surface area contributed by atoms with E-state index in [-0.39, 0.29) is 35.1 Å². The van der Waals surface area contributed by atoms with Crippen LogP contribution in [0.1, 0.15) is 31.1 Å². The van der Waals surface area contributed by atoms with Crippen molar-refractivity contribution >= 4 is 29.4 Å². The number of halogens is 1. The summed E-state index contributed by atoms with van der Waals surface area (Å²) in [6, 6.07) is 2.88. The smallest absolute Gasteiger partial charge is 0.338 e. The lowest BCUT2D eigenvalue weighted by Gasteiger charge is -2.34. The van der Waals surface area contributed by atoms with Gasteiger partial charge in [-0.05, 0) is 26.0 Å². The van der Waals surface area contributed by atoms with E-state index in [1.165, 1.54) is 26.2 Å². The number of esters is 1. The number of benzene rings is 1. The van der Waals surface area contributed by atoms with Gasteiger partial charge in [-0.2, -0.15) is 0 Å². The molecule has 0 spiro atoms. The molecule has 8 nitrogen and oxygen atoms in total. The third kappa shape index (κ3) is 5.51. The molecule has 1 aromatic carbocycles. The van der Waals surface area contributed by atoms with E-state index in [9.17, 15) is 14.4 Å². The molecule has 0 aromatic heterocycles. The Kier molecular flexibility index (Phi) is 7.51. The van der Waals surface area contributed by atoms with Gasteiger partial charge in [-0.25, -0.2) is 4.79 Å². The first kappa shape index (κ1) is 21.8. The molecule has 154 valence electrons. The number of amides is 2. The zero-order valence-corrected chi connectivity index (χ0v) is 17.2. The molecule has 1 aromatic rings. The predicted octanol–water partition coefficient (Wildman–Crippen LogP) is 1.98. The number of carbonyl (C=O) groups excluding carboxylic acids is 3. The minimum absolute atomic E-state index is 0.0192. The molecule has 1 aliphatic rings. The Hall–Kier alpha value is -2.48. The van der Waals surface area contributed by atoms with Gasteiger partial charge in [0.25, 0.3) is 5.91 Å². The van der Waals surface area contributed by atoms with Crippen LogP contribution in [0, 0.1) is 0 Å². The predicted molar refractivity (Wildman–Crippen MR) is 103 cm³/mol. The molecule has 0 aliphatic carbocycles. The maximum absolute atomic E-state index is 12.3. The fraction of sp³-hybridized carbons (Fsp3) is 0.526. The Morgan fingerprint density at radius 3 is 2.25 bits per heavy atom. The minimum atomic E-state index is -0.688. The normalized spacial score (nSPS) is 14.1. The summed E-state index contributed by atoms with van der Waals surface area (Å²) >= 11 is 6.20. The van der Waals surface area contributed by atoms with Crippen molar-refractivity contribution in [2.75, 3.05) is 39.9 Å². The van der Waals surface area contributed by atoms with Gasteiger partial charge >= 0.3 is 5.97 Å². The van der Waals surface area contributed by atoms with E-state index >= 15 is 0 Å². The molecule has 28 heavy (non-hydrogen) atoms. The van der Waals surface area contributed by atoms with Crippen molar-refractivity contribution in [3.63, 3.8) is 0 Å². The molecule has 1 saturated heterocycles. The largest absolute Gasteiger partial charge is 0.493 e. The SMILES string of the molecule is COc1cc(C(=O)OCC(=O)N2CCN(C(C)=O)CC2)cc(Cl)c1OC(C)C. The molecule has 0 saturated carbocycles. The lowest BCUT2D eigenvalue weighted by molar-refractivity contribution is -0.140. The summed E-state index contributed by atoms with van der Waals surface area (Å²) in [5, 5.41) is 0.215. The van der Waals surface area contributed by atoms with Gasteiger partial charge in [0.1, 0.15) is 0 Å². The second-order valence-electron chi connectivity index (χ2n) is 6.62. The highest BCUT2D eigenvalue weighted by atomic mass is 35.5. The molecule has 2 rings (SSSR count). The summed E-state index contributed by atoms with van der Waals surface area (Å²) in [6.07, 6.45) is -0.120. The summed E-state index contributed by atoms with van der Waals surface area (Å²) in [5.74, 6) is -0.370. The number of rotatable bonds is 6. The van der Waals surface area contributed by atoms with Gasteiger partial charge in [-0.1, -0.05) is 11.6 Å². The van der Waals surface area contributed by atoms with Crippen LogP contribution in [0.2, 0.25) is 5.02 Å². The fourth-order valence-corrected chi connectivity index (χ4v) is 3.02. The average molecular weight is 413 g/mol. The molecular formula is C19H25ClN2O6. The molecule has 1 heterocycles. The highest BCUT2D eigenvalue weighted by Crippen LogP contribution is 2.37. The van der Waals surface area contributed by atoms with Gasteiger partial charge in [-0.15, -0.1) is 0 Å². The zero-order chi connectivity index (χ0) is 20.8. The van der Waals surface area contributed by atoms with Crippen LogP contribution in [0.3, 0.4) is 0 Å². The summed E-state index contributed by atoms with van der Waals surface area (Å²) in [4.78, 5) is 39.2. The van der Waals surface area contributed by atoms with Crippen molar-refractivity contribution in [3.05, 3.63) is 22.7 Å². The Bertz CT molecular complexity index is 744. The topological polar surface area (TPSA) is 85.4 Å². The minimum Gasteiger partial charge on any atom is -0.493 e. The van der Waals surface area contributed by atoms with Crippen LogP contribution < -0.4 is 9.47 Å². The van der Waals surface area contributed by atoms with Gasteiger partial charge in [0.2, 0.25) is 5.91 Å². The van der Waals surface area contributed by atoms with E-state index < -0.39 is 5.97 Å². The molecule has 0 radical (unpaired) electrons. The maximum Gasteiger partial charge on any atom is 0.338 e. The van der Waals surface area contributed by atoms with E-state index in [0.29, 0.717) is 37.7 Å². The van der Waals surface area contributed by atoms with E-state index in [1.807, 2.05) is 13.8 Å². The Morgan fingerprint density at radius 2 is 1.71 bits per heavy atom. The van der Waals surface area contributed by atoms with Crippen LogP contribution in [-0.2, 0) is 14.3 Å². The monoisotopic (exact) mass is 412 g/mol. The van der Waals surface area contributed by atoms with Crippen LogP contribution >= 0.6 is 11.6 Å². The van der Waals surface area contributed by atoms with Crippen LogP contribution in [-0.4, -0.2) is 73.6 Å². The molecule has 9 heteroatoms. The number of hydrogen-bond acceptors (Lipinski definition) is 6. The summed E-state index contributed by atoms with van der Waals surface area (Å²) < 4.78 is 16.0. The molecule has 0 unspecified atom stereocenters. The van der Waals surface area contributed by atoms with Crippen LogP contribution in [0.5, 0.6) is 11.5 Å². The van der Waals surface area contributed by atoms with Crippen molar-refractivity contribution in [2.24, 2.45) is 0 Å². The summed E-state index contributed by atoms with van der Waals surface area (Å²) in [5.41, 5.74) is 0.159. The second kappa shape index (κ2) is 9.64. The van der Waals surface area contributed by atoms with E-state index in [1.54, 1.807) is 9.80 Å². The first-order chi connectivity index (χ1) is 13.2. The summed E-state index contributed by atoms with van der Waals surface area (Å²) in [6.45, 7) is 6.57. The number of piperazine rings is 1. The maximum atomic E-state index is 12.3. The Labute approximate surface area is 169 Å². The Morgan fingerprint density at radius 1 is 1.11 bits per heavy atom. The van der Waals surface area contributed by atoms with E-state index in [0.717, 1.165) is 0 Å². The molecule has 1 aliphatic heterocycles. The fourth-order valence-electron chi connectivity index (χ4n) is 2.76. The van der Waals surface area contributed by atoms with Crippen molar-refractivity contribution in [2.45, 2.75) is 26.9 Å². The standard InChI is InChI=1S/C19H25ClN2O6/c1-12(2)28-18-15(20)9-14(10-16(18)26-4)19(25)27-11-17(24)22-7-5-21(6-8-22)13(3)23/h9-10,12H,5-8,11H2,1-4H3. The quantitative estimate of drug-likeness (QED) is 0.664. The van der Waals surface area contributed by atoms with E-state index in [2.05, 4.69) is 0 Å². The number of ether oxygens (including phenoxy) is 3. The van der Waals surface area contributed by atoms with Crippen LogP contribution in [0.25, 0.3) is 0 Å². The molecule has 0 bridgehead atoms. The van der Waals surface area contributed by atoms with Crippen molar-refractivity contribution in [1.29, 1.82) is 0 Å². The highest BCUT2D eigenvalue weighted by molar-refractivity contribution is 6.32. The molecule has 2 amide bonds. The lowest BCUT2D eigenvalue weighted by atomic mass is 10.2. The third-order valence-electron chi connectivity index (χ3n) is 4.22. The first-order valence-corrected chi connectivity index (χ1v) is 9.35. The van der Waals surface area contributed by atoms with Gasteiger partial charge in [0.05, 0.1) is 23.8 Å². The van der Waals surface area contributed by atoms with Crippen LogP contribution in [0.15, 0.2) is 12.1 Å². The molecule has 1 fully saturated rings. The first-order valence-electron chi connectivity index (χ1n) is 8.97. The number of methoxy groups -OCH3 is 1. The second-order valence-corrected chi connectivity index (χ2v) is 7.03. The van der Waals surface area contributed by atoms with Crippen LogP contribution in [0.4, 0.5) is 0 Å². The number of nitrogens with zero attached hydrogens (tertiary/aromatic N) is 2. The average Bonchev–Trinajstić information content (AvgIpc) is 2.66. The Balaban J connectivity index is 1.97. The summed E-state index contributed by atoms with van der Waals surface area (Å²) in [7, 11) is 1.44. The van der Waals surface area contributed by atoms with E-state index in [4.69, 9.17) is 25.8 Å². The van der Waals surface area contributed by atoms with Crippen molar-refractivity contribution in [1.82, 2.24) is 9.80 Å². The number of hydrogen-bond donors (Lipinski definition) is 0. The zero-order valence-electron chi connectivity index (χ0n) is 16.5. The highest BCUT2D eigenvalue weighted by Gasteiger charge is 2.24. The molecular weight excluding hydrogens is 388 g/mol. The molecule has 0 atom stereocenters.